The van der Waals surface area contributed by atoms with E-state index < -0.39 is 0 Å². The first-order chi connectivity index (χ1) is 7.74. The lowest BCUT2D eigenvalue weighted by Crippen LogP contribution is -2.17. The quantitative estimate of drug-likeness (QED) is 0.837. The maximum Gasteiger partial charge on any atom is 0.167 e. The lowest BCUT2D eigenvalue weighted by atomic mass is 10.3. The summed E-state index contributed by atoms with van der Waals surface area (Å²) in [5.41, 5.74) is 6.50. The molecule has 2 aromatic heterocycles. The average Bonchev–Trinajstić information content (AvgIpc) is 2.65. The maximum atomic E-state index is 5.47. The zero-order valence-electron chi connectivity index (χ0n) is 9.13. The van der Waals surface area contributed by atoms with Crippen molar-refractivity contribution in [3.8, 4) is 0 Å². The van der Waals surface area contributed by atoms with Gasteiger partial charge in [0, 0.05) is 18.8 Å². The van der Waals surface area contributed by atoms with Gasteiger partial charge in [0.15, 0.2) is 11.6 Å². The summed E-state index contributed by atoms with van der Waals surface area (Å²) in [6.07, 6.45) is 1.79. The number of nitrogens with zero attached hydrogens (tertiary/aromatic N) is 3. The van der Waals surface area contributed by atoms with Crippen LogP contribution in [0.15, 0.2) is 35.0 Å². The van der Waals surface area contributed by atoms with Crippen LogP contribution in [0.25, 0.3) is 0 Å². The molecule has 0 bridgehead atoms. The summed E-state index contributed by atoms with van der Waals surface area (Å²) in [6, 6.07) is 7.60. The van der Waals surface area contributed by atoms with E-state index in [0.29, 0.717) is 12.4 Å². The minimum Gasteiger partial charge on any atom is -0.381 e. The molecule has 0 spiro atoms. The van der Waals surface area contributed by atoms with Crippen molar-refractivity contribution in [1.82, 2.24) is 15.0 Å². The summed E-state index contributed by atoms with van der Waals surface area (Å²) >= 11 is 0. The van der Waals surface area contributed by atoms with E-state index >= 15 is 0 Å². The SMILES string of the molecule is CN(Cc1ccccn1)Cc1cc(N)no1. The second-order valence-corrected chi connectivity index (χ2v) is 3.71. The molecule has 84 valence electrons. The Bertz CT molecular complexity index is 440. The van der Waals surface area contributed by atoms with E-state index in [2.05, 4.69) is 15.0 Å². The average molecular weight is 218 g/mol. The Hall–Kier alpha value is -1.88. The van der Waals surface area contributed by atoms with Gasteiger partial charge in [0.1, 0.15) is 0 Å². The van der Waals surface area contributed by atoms with E-state index in [1.807, 2.05) is 25.2 Å². The first-order valence-electron chi connectivity index (χ1n) is 5.03. The normalized spacial score (nSPS) is 10.9. The number of hydrogen-bond acceptors (Lipinski definition) is 5. The van der Waals surface area contributed by atoms with Gasteiger partial charge in [0.25, 0.3) is 0 Å². The molecule has 2 rings (SSSR count). The van der Waals surface area contributed by atoms with E-state index in [0.717, 1.165) is 18.0 Å². The highest BCUT2D eigenvalue weighted by molar-refractivity contribution is 5.26. The number of rotatable bonds is 4. The second kappa shape index (κ2) is 4.76. The molecule has 2 N–H and O–H groups in total. The minimum absolute atomic E-state index is 0.418. The Morgan fingerprint density at radius 3 is 2.88 bits per heavy atom. The number of anilines is 1. The molecule has 0 fully saturated rings. The largest absolute Gasteiger partial charge is 0.381 e. The lowest BCUT2D eigenvalue weighted by molar-refractivity contribution is 0.265. The maximum absolute atomic E-state index is 5.47. The molecule has 0 amide bonds. The predicted molar refractivity (Wildman–Crippen MR) is 60.3 cm³/mol. The molecular weight excluding hydrogens is 204 g/mol. The van der Waals surface area contributed by atoms with E-state index in [9.17, 15) is 0 Å². The molecule has 0 radical (unpaired) electrons. The Balaban J connectivity index is 1.92. The van der Waals surface area contributed by atoms with Crippen LogP contribution in [0.4, 0.5) is 5.82 Å². The highest BCUT2D eigenvalue weighted by atomic mass is 16.5. The molecular formula is C11H14N4O. The predicted octanol–water partition coefficient (Wildman–Crippen LogP) is 1.28. The molecule has 5 nitrogen and oxygen atoms in total. The molecule has 2 heterocycles. The second-order valence-electron chi connectivity index (χ2n) is 3.71. The van der Waals surface area contributed by atoms with Gasteiger partial charge in [-0.3, -0.25) is 9.88 Å². The topological polar surface area (TPSA) is 68.2 Å². The lowest BCUT2D eigenvalue weighted by Gasteiger charge is -2.13. The minimum atomic E-state index is 0.418. The first-order valence-corrected chi connectivity index (χ1v) is 5.03. The van der Waals surface area contributed by atoms with Gasteiger partial charge >= 0.3 is 0 Å². The third-order valence-electron chi connectivity index (χ3n) is 2.16. The van der Waals surface area contributed by atoms with Crippen molar-refractivity contribution in [1.29, 1.82) is 0 Å². The molecule has 0 aliphatic heterocycles. The Morgan fingerprint density at radius 2 is 2.25 bits per heavy atom. The molecule has 0 saturated heterocycles. The molecule has 16 heavy (non-hydrogen) atoms. The van der Waals surface area contributed by atoms with Gasteiger partial charge in [-0.1, -0.05) is 11.2 Å². The summed E-state index contributed by atoms with van der Waals surface area (Å²) in [6.45, 7) is 1.43. The summed E-state index contributed by atoms with van der Waals surface area (Å²) < 4.78 is 5.04. The smallest absolute Gasteiger partial charge is 0.167 e. The van der Waals surface area contributed by atoms with Crippen LogP contribution in [0.3, 0.4) is 0 Å². The standard InChI is InChI=1S/C11H14N4O/c1-15(7-9-4-2-3-5-13-9)8-10-6-11(12)14-16-10/h2-6H,7-8H2,1H3,(H2,12,14). The van der Waals surface area contributed by atoms with Crippen LogP contribution < -0.4 is 5.73 Å². The van der Waals surface area contributed by atoms with E-state index in [4.69, 9.17) is 10.3 Å². The van der Waals surface area contributed by atoms with E-state index in [1.54, 1.807) is 12.3 Å². The van der Waals surface area contributed by atoms with Gasteiger partial charge in [0.05, 0.1) is 12.2 Å². The summed E-state index contributed by atoms with van der Waals surface area (Å²) in [5.74, 6) is 1.18. The van der Waals surface area contributed by atoms with Gasteiger partial charge in [-0.2, -0.15) is 0 Å². The molecule has 2 aromatic rings. The van der Waals surface area contributed by atoms with Gasteiger partial charge in [-0.15, -0.1) is 0 Å². The van der Waals surface area contributed by atoms with Crippen molar-refractivity contribution in [3.05, 3.63) is 41.9 Å². The fourth-order valence-electron chi connectivity index (χ4n) is 1.49. The molecule has 0 unspecified atom stereocenters. The molecule has 0 aliphatic rings. The molecule has 0 saturated carbocycles. The highest BCUT2D eigenvalue weighted by Gasteiger charge is 2.06. The molecule has 5 heteroatoms. The van der Waals surface area contributed by atoms with Crippen molar-refractivity contribution >= 4 is 5.82 Å². The van der Waals surface area contributed by atoms with Crippen LogP contribution in [0.1, 0.15) is 11.5 Å². The summed E-state index contributed by atoms with van der Waals surface area (Å²) in [7, 11) is 1.99. The summed E-state index contributed by atoms with van der Waals surface area (Å²) in [4.78, 5) is 6.34. The van der Waals surface area contributed by atoms with Crippen molar-refractivity contribution in [3.63, 3.8) is 0 Å². The van der Waals surface area contributed by atoms with Crippen LogP contribution in [0, 0.1) is 0 Å². The van der Waals surface area contributed by atoms with Crippen LogP contribution in [0.5, 0.6) is 0 Å². The highest BCUT2D eigenvalue weighted by Crippen LogP contribution is 2.08. The Labute approximate surface area is 93.9 Å². The third-order valence-corrected chi connectivity index (χ3v) is 2.16. The Morgan fingerprint density at radius 1 is 1.38 bits per heavy atom. The number of nitrogens with two attached hydrogens (primary N) is 1. The number of aromatic nitrogens is 2. The van der Waals surface area contributed by atoms with Crippen LogP contribution in [-0.4, -0.2) is 22.1 Å². The van der Waals surface area contributed by atoms with Crippen molar-refractivity contribution in [2.24, 2.45) is 0 Å². The Kier molecular flexibility index (Phi) is 3.16. The van der Waals surface area contributed by atoms with E-state index in [-0.39, 0.29) is 0 Å². The van der Waals surface area contributed by atoms with Crippen LogP contribution in [0.2, 0.25) is 0 Å². The zero-order valence-corrected chi connectivity index (χ0v) is 9.13. The van der Waals surface area contributed by atoms with Gasteiger partial charge < -0.3 is 10.3 Å². The molecule has 0 aromatic carbocycles. The van der Waals surface area contributed by atoms with Crippen LogP contribution in [-0.2, 0) is 13.1 Å². The van der Waals surface area contributed by atoms with Crippen molar-refractivity contribution < 1.29 is 4.52 Å². The number of nitrogen functional groups attached to an aromatic ring is 1. The first kappa shape index (κ1) is 10.6. The van der Waals surface area contributed by atoms with Crippen molar-refractivity contribution in [2.45, 2.75) is 13.1 Å². The summed E-state index contributed by atoms with van der Waals surface area (Å²) in [5, 5.41) is 3.64. The van der Waals surface area contributed by atoms with Gasteiger partial charge in [-0.05, 0) is 19.2 Å². The fraction of sp³-hybridized carbons (Fsp3) is 0.273. The zero-order chi connectivity index (χ0) is 11.4. The monoisotopic (exact) mass is 218 g/mol. The third kappa shape index (κ3) is 2.80. The van der Waals surface area contributed by atoms with Gasteiger partial charge in [-0.25, -0.2) is 0 Å². The van der Waals surface area contributed by atoms with E-state index in [1.165, 1.54) is 0 Å². The molecule has 0 atom stereocenters. The van der Waals surface area contributed by atoms with Crippen molar-refractivity contribution in [2.75, 3.05) is 12.8 Å². The number of hydrogen-bond donors (Lipinski definition) is 1. The van der Waals surface area contributed by atoms with Gasteiger partial charge in [0.2, 0.25) is 0 Å². The molecule has 0 aliphatic carbocycles. The van der Waals surface area contributed by atoms with Crippen LogP contribution >= 0.6 is 0 Å². The fourth-order valence-corrected chi connectivity index (χ4v) is 1.49. The number of pyridine rings is 1.